The van der Waals surface area contributed by atoms with Crippen molar-refractivity contribution in [3.63, 3.8) is 0 Å². The maximum absolute atomic E-state index is 4.30. The lowest BCUT2D eigenvalue weighted by Crippen LogP contribution is -2.42. The molecule has 2 aromatic rings. The number of aromatic nitrogens is 2. The first-order chi connectivity index (χ1) is 11.7. The van der Waals surface area contributed by atoms with Gasteiger partial charge in [-0.2, -0.15) is 5.10 Å². The molecule has 0 spiro atoms. The van der Waals surface area contributed by atoms with Crippen molar-refractivity contribution in [3.05, 3.63) is 54.4 Å². The third-order valence-corrected chi connectivity index (χ3v) is 3.91. The van der Waals surface area contributed by atoms with Crippen LogP contribution in [0.1, 0.15) is 18.0 Å². The first-order valence-corrected chi connectivity index (χ1v) is 8.34. The number of aliphatic imine (C=N–C) groups is 1. The van der Waals surface area contributed by atoms with Gasteiger partial charge in [-0.05, 0) is 32.1 Å². The highest BCUT2D eigenvalue weighted by molar-refractivity contribution is 5.79. The molecule has 1 heterocycles. The number of benzene rings is 1. The van der Waals surface area contributed by atoms with Crippen LogP contribution in [0.2, 0.25) is 0 Å². The molecule has 6 heteroatoms. The van der Waals surface area contributed by atoms with E-state index in [0.717, 1.165) is 32.0 Å². The van der Waals surface area contributed by atoms with Crippen molar-refractivity contribution in [2.45, 2.75) is 19.0 Å². The zero-order valence-electron chi connectivity index (χ0n) is 14.8. The molecule has 1 unspecified atom stereocenters. The van der Waals surface area contributed by atoms with E-state index in [1.165, 1.54) is 5.56 Å². The van der Waals surface area contributed by atoms with Gasteiger partial charge < -0.3 is 15.5 Å². The van der Waals surface area contributed by atoms with Gasteiger partial charge >= 0.3 is 0 Å². The SMILES string of the molecule is CN=C(NCCCn1cccn1)NCC(c1ccccc1)N(C)C. The maximum Gasteiger partial charge on any atom is 0.191 e. The van der Waals surface area contributed by atoms with Crippen LogP contribution in [0.15, 0.2) is 53.8 Å². The summed E-state index contributed by atoms with van der Waals surface area (Å²) in [7, 11) is 6.00. The fourth-order valence-electron chi connectivity index (χ4n) is 2.57. The number of rotatable bonds is 8. The Hall–Kier alpha value is -2.34. The van der Waals surface area contributed by atoms with Crippen molar-refractivity contribution >= 4 is 5.96 Å². The summed E-state index contributed by atoms with van der Waals surface area (Å²) in [5.41, 5.74) is 1.30. The van der Waals surface area contributed by atoms with Gasteiger partial charge in [0, 0.05) is 39.1 Å². The van der Waals surface area contributed by atoms with Gasteiger partial charge in [0.05, 0.1) is 6.04 Å². The van der Waals surface area contributed by atoms with E-state index in [1.54, 1.807) is 13.2 Å². The Morgan fingerprint density at radius 3 is 2.62 bits per heavy atom. The minimum atomic E-state index is 0.300. The molecular weight excluding hydrogens is 300 g/mol. The Morgan fingerprint density at radius 1 is 1.21 bits per heavy atom. The highest BCUT2D eigenvalue weighted by atomic mass is 15.3. The zero-order valence-corrected chi connectivity index (χ0v) is 14.8. The second-order valence-electron chi connectivity index (χ2n) is 5.89. The van der Waals surface area contributed by atoms with E-state index in [9.17, 15) is 0 Å². The molecule has 6 nitrogen and oxygen atoms in total. The number of nitrogens with one attached hydrogen (secondary N) is 2. The Morgan fingerprint density at radius 2 is 2.00 bits per heavy atom. The van der Waals surface area contributed by atoms with E-state index in [1.807, 2.05) is 23.0 Å². The summed E-state index contributed by atoms with van der Waals surface area (Å²) in [5, 5.41) is 11.0. The zero-order chi connectivity index (χ0) is 17.2. The van der Waals surface area contributed by atoms with E-state index in [0.29, 0.717) is 6.04 Å². The van der Waals surface area contributed by atoms with Crippen molar-refractivity contribution < 1.29 is 0 Å². The molecule has 0 aliphatic carbocycles. The second-order valence-corrected chi connectivity index (χ2v) is 5.89. The van der Waals surface area contributed by atoms with Crippen molar-refractivity contribution in [2.75, 3.05) is 34.2 Å². The molecule has 0 amide bonds. The monoisotopic (exact) mass is 328 g/mol. The molecule has 0 radical (unpaired) electrons. The van der Waals surface area contributed by atoms with Crippen LogP contribution in [0, 0.1) is 0 Å². The van der Waals surface area contributed by atoms with E-state index in [2.05, 4.69) is 64.0 Å². The number of aryl methyl sites for hydroxylation is 1. The average Bonchev–Trinajstić information content (AvgIpc) is 3.11. The molecule has 1 atom stereocenters. The van der Waals surface area contributed by atoms with Crippen molar-refractivity contribution in [1.82, 2.24) is 25.3 Å². The molecule has 24 heavy (non-hydrogen) atoms. The number of guanidine groups is 1. The standard InChI is InChI=1S/C18H28N6/c1-19-18(20-11-7-13-24-14-8-12-22-24)21-15-17(23(2)3)16-9-5-4-6-10-16/h4-6,8-10,12,14,17H,7,11,13,15H2,1-3H3,(H2,19,20,21). The molecule has 1 aromatic carbocycles. The summed E-state index contributed by atoms with van der Waals surface area (Å²) in [5.74, 6) is 0.832. The summed E-state index contributed by atoms with van der Waals surface area (Å²) >= 11 is 0. The number of nitrogens with zero attached hydrogens (tertiary/aromatic N) is 4. The third kappa shape index (κ3) is 5.70. The van der Waals surface area contributed by atoms with Crippen LogP contribution in [0.4, 0.5) is 0 Å². The van der Waals surface area contributed by atoms with Gasteiger partial charge in [-0.15, -0.1) is 0 Å². The molecule has 0 aliphatic heterocycles. The van der Waals surface area contributed by atoms with Gasteiger partial charge in [0.15, 0.2) is 5.96 Å². The molecule has 0 saturated carbocycles. The first-order valence-electron chi connectivity index (χ1n) is 8.34. The molecule has 0 saturated heterocycles. The summed E-state index contributed by atoms with van der Waals surface area (Å²) in [6, 6.07) is 12.8. The van der Waals surface area contributed by atoms with E-state index in [-0.39, 0.29) is 0 Å². The highest BCUT2D eigenvalue weighted by Crippen LogP contribution is 2.16. The van der Waals surface area contributed by atoms with Crippen LogP contribution in [-0.2, 0) is 6.54 Å². The summed E-state index contributed by atoms with van der Waals surface area (Å²) in [6.45, 7) is 2.56. The summed E-state index contributed by atoms with van der Waals surface area (Å²) < 4.78 is 1.94. The predicted octanol–water partition coefficient (Wildman–Crippen LogP) is 1.74. The molecule has 0 fully saturated rings. The van der Waals surface area contributed by atoms with Crippen LogP contribution in [-0.4, -0.2) is 54.9 Å². The molecule has 0 aliphatic rings. The van der Waals surface area contributed by atoms with Crippen LogP contribution >= 0.6 is 0 Å². The Labute approximate surface area is 144 Å². The fourth-order valence-corrected chi connectivity index (χ4v) is 2.57. The average molecular weight is 328 g/mol. The topological polar surface area (TPSA) is 57.5 Å². The minimum Gasteiger partial charge on any atom is -0.356 e. The predicted molar refractivity (Wildman–Crippen MR) is 99.1 cm³/mol. The lowest BCUT2D eigenvalue weighted by molar-refractivity contribution is 0.298. The van der Waals surface area contributed by atoms with Crippen LogP contribution < -0.4 is 10.6 Å². The van der Waals surface area contributed by atoms with Crippen molar-refractivity contribution in [2.24, 2.45) is 4.99 Å². The van der Waals surface area contributed by atoms with E-state index in [4.69, 9.17) is 0 Å². The molecule has 2 N–H and O–H groups in total. The molecule has 1 aromatic heterocycles. The van der Waals surface area contributed by atoms with Gasteiger partial charge in [0.2, 0.25) is 0 Å². The van der Waals surface area contributed by atoms with Gasteiger partial charge in [-0.25, -0.2) is 0 Å². The number of likely N-dealkylation sites (N-methyl/N-ethyl adjacent to an activating group) is 1. The largest absolute Gasteiger partial charge is 0.356 e. The van der Waals surface area contributed by atoms with E-state index >= 15 is 0 Å². The summed E-state index contributed by atoms with van der Waals surface area (Å²) in [6.07, 6.45) is 4.78. The van der Waals surface area contributed by atoms with Gasteiger partial charge in [0.25, 0.3) is 0 Å². The molecule has 2 rings (SSSR count). The summed E-state index contributed by atoms with van der Waals surface area (Å²) in [4.78, 5) is 6.52. The second kappa shape index (κ2) is 9.72. The Kier molecular flexibility index (Phi) is 7.29. The lowest BCUT2D eigenvalue weighted by Gasteiger charge is -2.26. The lowest BCUT2D eigenvalue weighted by atomic mass is 10.1. The van der Waals surface area contributed by atoms with Crippen LogP contribution in [0.3, 0.4) is 0 Å². The van der Waals surface area contributed by atoms with Crippen molar-refractivity contribution in [3.8, 4) is 0 Å². The van der Waals surface area contributed by atoms with Crippen LogP contribution in [0.25, 0.3) is 0 Å². The van der Waals surface area contributed by atoms with E-state index < -0.39 is 0 Å². The number of hydrogen-bond acceptors (Lipinski definition) is 3. The smallest absolute Gasteiger partial charge is 0.191 e. The quantitative estimate of drug-likeness (QED) is 0.440. The van der Waals surface area contributed by atoms with Gasteiger partial charge in [0.1, 0.15) is 0 Å². The normalized spacial score (nSPS) is 13.1. The Bertz CT molecular complexity index is 591. The molecule has 0 bridgehead atoms. The third-order valence-electron chi connectivity index (χ3n) is 3.91. The first kappa shape index (κ1) is 18.0. The molecule has 130 valence electrons. The minimum absolute atomic E-state index is 0.300. The van der Waals surface area contributed by atoms with Gasteiger partial charge in [-0.3, -0.25) is 9.67 Å². The Balaban J connectivity index is 1.77. The highest BCUT2D eigenvalue weighted by Gasteiger charge is 2.14. The fraction of sp³-hybridized carbons (Fsp3) is 0.444. The maximum atomic E-state index is 4.30. The number of hydrogen-bond donors (Lipinski definition) is 2. The van der Waals surface area contributed by atoms with Crippen molar-refractivity contribution in [1.29, 1.82) is 0 Å². The van der Waals surface area contributed by atoms with Crippen LogP contribution in [0.5, 0.6) is 0 Å². The van der Waals surface area contributed by atoms with Gasteiger partial charge in [-0.1, -0.05) is 30.3 Å². The molecular formula is C18H28N6.